The summed E-state index contributed by atoms with van der Waals surface area (Å²) in [4.78, 5) is 21.3. The van der Waals surface area contributed by atoms with Crippen LogP contribution in [0.5, 0.6) is 0 Å². The Kier molecular flexibility index (Phi) is 9.20. The standard InChI is InChI=1S/C7H13NO2.C3H4O2/c1-4-8(5-2)6(3)7(9)10;1-2-3(4)5/h3-5H2,1-2H3,(H,9,10);2H,1H2,(H,4,5). The fourth-order valence-electron chi connectivity index (χ4n) is 0.741. The lowest BCUT2D eigenvalue weighted by Gasteiger charge is -2.19. The SMILES string of the molecule is C=C(C(=O)O)N(CC)CC.C=CC(=O)O. The predicted molar refractivity (Wildman–Crippen MR) is 57.5 cm³/mol. The first-order valence-corrected chi connectivity index (χ1v) is 4.43. The Labute approximate surface area is 89.3 Å². The molecule has 0 aliphatic carbocycles. The van der Waals surface area contributed by atoms with Crippen LogP contribution in [-0.2, 0) is 9.59 Å². The first-order chi connectivity index (χ1) is 6.90. The fraction of sp³-hybridized carbons (Fsp3) is 0.400. The van der Waals surface area contributed by atoms with Gasteiger partial charge in [-0.05, 0) is 13.8 Å². The molecule has 0 aliphatic heterocycles. The van der Waals surface area contributed by atoms with Crippen LogP contribution >= 0.6 is 0 Å². The van der Waals surface area contributed by atoms with Crippen molar-refractivity contribution in [2.75, 3.05) is 13.1 Å². The molecule has 0 rings (SSSR count). The van der Waals surface area contributed by atoms with Crippen LogP contribution in [0.25, 0.3) is 0 Å². The first kappa shape index (κ1) is 15.7. The lowest BCUT2D eigenvalue weighted by atomic mass is 10.4. The van der Waals surface area contributed by atoms with Crippen molar-refractivity contribution in [1.82, 2.24) is 4.90 Å². The summed E-state index contributed by atoms with van der Waals surface area (Å²) in [5.74, 6) is -1.92. The molecular formula is C10H17NO4. The van der Waals surface area contributed by atoms with Crippen molar-refractivity contribution < 1.29 is 19.8 Å². The van der Waals surface area contributed by atoms with E-state index in [9.17, 15) is 9.59 Å². The van der Waals surface area contributed by atoms with Crippen molar-refractivity contribution >= 4 is 11.9 Å². The van der Waals surface area contributed by atoms with Crippen molar-refractivity contribution in [3.8, 4) is 0 Å². The number of carboxylic acid groups (broad SMARTS) is 2. The number of rotatable bonds is 5. The molecular weight excluding hydrogens is 198 g/mol. The van der Waals surface area contributed by atoms with Gasteiger partial charge in [0.2, 0.25) is 0 Å². The molecule has 0 amide bonds. The molecule has 0 saturated heterocycles. The molecule has 0 atom stereocenters. The maximum atomic E-state index is 10.3. The quantitative estimate of drug-likeness (QED) is 0.673. The monoisotopic (exact) mass is 215 g/mol. The summed E-state index contributed by atoms with van der Waals surface area (Å²) in [5.41, 5.74) is 0.171. The topological polar surface area (TPSA) is 77.8 Å². The molecule has 15 heavy (non-hydrogen) atoms. The largest absolute Gasteiger partial charge is 0.478 e. The Morgan fingerprint density at radius 3 is 1.67 bits per heavy atom. The van der Waals surface area contributed by atoms with Gasteiger partial charge in [0, 0.05) is 19.2 Å². The Balaban J connectivity index is 0. The summed E-state index contributed by atoms with van der Waals surface area (Å²) < 4.78 is 0. The van der Waals surface area contributed by atoms with Crippen LogP contribution in [0, 0.1) is 0 Å². The van der Waals surface area contributed by atoms with Crippen LogP contribution < -0.4 is 0 Å². The van der Waals surface area contributed by atoms with Gasteiger partial charge in [-0.1, -0.05) is 13.2 Å². The number of aliphatic carboxylic acids is 2. The Morgan fingerprint density at radius 2 is 1.60 bits per heavy atom. The second-order valence-corrected chi connectivity index (χ2v) is 2.47. The first-order valence-electron chi connectivity index (χ1n) is 4.43. The van der Waals surface area contributed by atoms with Crippen LogP contribution in [0.3, 0.4) is 0 Å². The minimum atomic E-state index is -0.981. The van der Waals surface area contributed by atoms with Gasteiger partial charge in [0.15, 0.2) is 0 Å². The lowest BCUT2D eigenvalue weighted by Crippen LogP contribution is -2.26. The van der Waals surface area contributed by atoms with Crippen LogP contribution in [0.2, 0.25) is 0 Å². The molecule has 0 heterocycles. The predicted octanol–water partition coefficient (Wildman–Crippen LogP) is 1.18. The number of hydrogen-bond acceptors (Lipinski definition) is 3. The normalized spacial score (nSPS) is 8.13. The van der Waals surface area contributed by atoms with E-state index in [1.165, 1.54) is 0 Å². The Hall–Kier alpha value is -1.78. The van der Waals surface area contributed by atoms with Crippen molar-refractivity contribution in [2.24, 2.45) is 0 Å². The average molecular weight is 215 g/mol. The van der Waals surface area contributed by atoms with E-state index < -0.39 is 11.9 Å². The summed E-state index contributed by atoms with van der Waals surface area (Å²) in [7, 11) is 0. The third-order valence-corrected chi connectivity index (χ3v) is 1.57. The van der Waals surface area contributed by atoms with Crippen LogP contribution in [0.4, 0.5) is 0 Å². The van der Waals surface area contributed by atoms with E-state index in [2.05, 4.69) is 13.2 Å². The zero-order chi connectivity index (χ0) is 12.4. The molecule has 0 fully saturated rings. The van der Waals surface area contributed by atoms with E-state index in [0.29, 0.717) is 13.1 Å². The van der Waals surface area contributed by atoms with Crippen molar-refractivity contribution in [3.63, 3.8) is 0 Å². The summed E-state index contributed by atoms with van der Waals surface area (Å²) in [6.07, 6.45) is 0.833. The highest BCUT2D eigenvalue weighted by Crippen LogP contribution is 1.99. The summed E-state index contributed by atoms with van der Waals surface area (Å²) in [5, 5.41) is 16.1. The van der Waals surface area contributed by atoms with E-state index in [1.54, 1.807) is 4.90 Å². The highest BCUT2D eigenvalue weighted by molar-refractivity contribution is 5.85. The van der Waals surface area contributed by atoms with Gasteiger partial charge in [-0.25, -0.2) is 9.59 Å². The average Bonchev–Trinajstić information content (AvgIpc) is 2.20. The fourth-order valence-corrected chi connectivity index (χ4v) is 0.741. The minimum absolute atomic E-state index is 0.171. The highest BCUT2D eigenvalue weighted by Gasteiger charge is 2.08. The highest BCUT2D eigenvalue weighted by atomic mass is 16.4. The zero-order valence-electron chi connectivity index (χ0n) is 9.06. The van der Waals surface area contributed by atoms with Gasteiger partial charge >= 0.3 is 11.9 Å². The van der Waals surface area contributed by atoms with Crippen molar-refractivity contribution in [2.45, 2.75) is 13.8 Å². The maximum Gasteiger partial charge on any atom is 0.351 e. The number of nitrogens with zero attached hydrogens (tertiary/aromatic N) is 1. The van der Waals surface area contributed by atoms with Crippen molar-refractivity contribution in [3.05, 3.63) is 24.9 Å². The van der Waals surface area contributed by atoms with Crippen LogP contribution in [0.15, 0.2) is 24.9 Å². The molecule has 0 bridgehead atoms. The number of carboxylic acids is 2. The molecule has 86 valence electrons. The van der Waals surface area contributed by atoms with Gasteiger partial charge in [0.25, 0.3) is 0 Å². The second-order valence-electron chi connectivity index (χ2n) is 2.47. The maximum absolute atomic E-state index is 10.3. The van der Waals surface area contributed by atoms with Gasteiger partial charge in [-0.2, -0.15) is 0 Å². The van der Waals surface area contributed by atoms with E-state index in [0.717, 1.165) is 6.08 Å². The van der Waals surface area contributed by atoms with E-state index in [4.69, 9.17) is 10.2 Å². The third kappa shape index (κ3) is 8.55. The molecule has 0 aromatic rings. The molecule has 2 N–H and O–H groups in total. The van der Waals surface area contributed by atoms with Crippen molar-refractivity contribution in [1.29, 1.82) is 0 Å². The molecule has 0 unspecified atom stereocenters. The summed E-state index contributed by atoms with van der Waals surface area (Å²) >= 11 is 0. The van der Waals surface area contributed by atoms with Gasteiger partial charge < -0.3 is 15.1 Å². The van der Waals surface area contributed by atoms with Gasteiger partial charge in [0.1, 0.15) is 5.70 Å². The second kappa shape index (κ2) is 8.80. The minimum Gasteiger partial charge on any atom is -0.478 e. The molecule has 0 radical (unpaired) electrons. The number of carbonyl (C=O) groups is 2. The molecule has 0 spiro atoms. The number of hydrogen-bond donors (Lipinski definition) is 2. The molecule has 5 nitrogen and oxygen atoms in total. The Morgan fingerprint density at radius 1 is 1.27 bits per heavy atom. The molecule has 0 aromatic heterocycles. The van der Waals surface area contributed by atoms with Gasteiger partial charge in [-0.3, -0.25) is 0 Å². The summed E-state index contributed by atoms with van der Waals surface area (Å²) in [6, 6.07) is 0. The molecule has 0 saturated carbocycles. The zero-order valence-corrected chi connectivity index (χ0v) is 9.06. The van der Waals surface area contributed by atoms with E-state index in [1.807, 2.05) is 13.8 Å². The smallest absolute Gasteiger partial charge is 0.351 e. The third-order valence-electron chi connectivity index (χ3n) is 1.57. The number of likely N-dealkylation sites (N-methyl/N-ethyl adjacent to an activating group) is 1. The Bertz CT molecular complexity index is 244. The van der Waals surface area contributed by atoms with E-state index in [-0.39, 0.29) is 5.70 Å². The molecule has 5 heteroatoms. The summed E-state index contributed by atoms with van der Waals surface area (Å²) in [6.45, 7) is 11.6. The van der Waals surface area contributed by atoms with Gasteiger partial charge in [-0.15, -0.1) is 0 Å². The van der Waals surface area contributed by atoms with E-state index >= 15 is 0 Å². The van der Waals surface area contributed by atoms with Gasteiger partial charge in [0.05, 0.1) is 0 Å². The molecule has 0 aromatic carbocycles. The molecule has 0 aliphatic rings. The van der Waals surface area contributed by atoms with Crippen LogP contribution in [-0.4, -0.2) is 40.1 Å². The van der Waals surface area contributed by atoms with Crippen LogP contribution in [0.1, 0.15) is 13.8 Å². The lowest BCUT2D eigenvalue weighted by molar-refractivity contribution is -0.134.